The van der Waals surface area contributed by atoms with Crippen molar-refractivity contribution in [1.82, 2.24) is 14.5 Å². The van der Waals surface area contributed by atoms with Crippen molar-refractivity contribution in [3.05, 3.63) is 106 Å². The van der Waals surface area contributed by atoms with Crippen molar-refractivity contribution < 1.29 is 28.1 Å². The number of methoxy groups -OCH3 is 2. The van der Waals surface area contributed by atoms with E-state index in [1.807, 2.05) is 4.57 Å². The van der Waals surface area contributed by atoms with Crippen LogP contribution in [-0.4, -0.2) is 41.1 Å². The van der Waals surface area contributed by atoms with Gasteiger partial charge in [0, 0.05) is 37.5 Å². The van der Waals surface area contributed by atoms with Crippen molar-refractivity contribution in [2.75, 3.05) is 20.8 Å². The Balaban J connectivity index is 1.26. The van der Waals surface area contributed by atoms with Gasteiger partial charge in [0.15, 0.2) is 17.3 Å². The lowest BCUT2D eigenvalue weighted by molar-refractivity contribution is 0.0836. The van der Waals surface area contributed by atoms with Crippen LogP contribution in [0.2, 0.25) is 0 Å². The summed E-state index contributed by atoms with van der Waals surface area (Å²) in [6.45, 7) is 1.21. The van der Waals surface area contributed by atoms with Gasteiger partial charge in [0.25, 0.3) is 5.88 Å². The van der Waals surface area contributed by atoms with Crippen molar-refractivity contribution in [3.63, 3.8) is 0 Å². The normalized spacial score (nSPS) is 12.5. The average Bonchev–Trinajstić information content (AvgIpc) is 3.01. The van der Waals surface area contributed by atoms with E-state index < -0.39 is 11.2 Å². The fourth-order valence-corrected chi connectivity index (χ4v) is 4.97. The molecule has 5 aromatic rings. The van der Waals surface area contributed by atoms with Crippen molar-refractivity contribution in [2.24, 2.45) is 0 Å². The van der Waals surface area contributed by atoms with E-state index in [-0.39, 0.29) is 24.4 Å². The molecule has 0 bridgehead atoms. The number of Topliss-reactive ketones (excluding diaryl/α,β-unsaturated/α-hetero) is 1. The molecule has 212 valence electrons. The van der Waals surface area contributed by atoms with Crippen molar-refractivity contribution in [1.29, 1.82) is 0 Å². The number of benzene rings is 2. The summed E-state index contributed by atoms with van der Waals surface area (Å²) in [6, 6.07) is 16.2. The topological polar surface area (TPSA) is 102 Å². The molecule has 0 spiro atoms. The summed E-state index contributed by atoms with van der Waals surface area (Å²) >= 11 is 0. The summed E-state index contributed by atoms with van der Waals surface area (Å²) in [5.41, 5.74) is 3.06. The molecule has 0 saturated heterocycles. The summed E-state index contributed by atoms with van der Waals surface area (Å²) in [7, 11) is 3.03. The molecule has 10 heteroatoms. The summed E-state index contributed by atoms with van der Waals surface area (Å²) in [4.78, 5) is 35.8. The maximum Gasteiger partial charge on any atom is 0.257 e. The third-order valence-electron chi connectivity index (χ3n) is 7.08. The molecular formula is C32H26FN3O6. The number of fused-ring (bicyclic) bond motifs is 2. The highest BCUT2D eigenvalue weighted by molar-refractivity contribution is 5.98. The van der Waals surface area contributed by atoms with E-state index in [0.29, 0.717) is 69.7 Å². The maximum absolute atomic E-state index is 13.6. The van der Waals surface area contributed by atoms with Gasteiger partial charge in [-0.1, -0.05) is 24.3 Å². The van der Waals surface area contributed by atoms with E-state index in [9.17, 15) is 14.0 Å². The Morgan fingerprint density at radius 3 is 2.55 bits per heavy atom. The van der Waals surface area contributed by atoms with E-state index in [2.05, 4.69) is 9.97 Å². The Morgan fingerprint density at radius 2 is 1.81 bits per heavy atom. The van der Waals surface area contributed by atoms with Crippen LogP contribution < -0.4 is 19.6 Å². The molecule has 1 aliphatic heterocycles. The van der Waals surface area contributed by atoms with Gasteiger partial charge < -0.3 is 23.5 Å². The third kappa shape index (κ3) is 5.19. The van der Waals surface area contributed by atoms with Gasteiger partial charge in [0.1, 0.15) is 17.1 Å². The molecule has 0 aliphatic carbocycles. The van der Waals surface area contributed by atoms with E-state index in [4.69, 9.17) is 18.9 Å². The van der Waals surface area contributed by atoms with Crippen LogP contribution >= 0.6 is 0 Å². The van der Waals surface area contributed by atoms with Crippen molar-refractivity contribution >= 4 is 16.8 Å². The molecule has 1 aliphatic rings. The van der Waals surface area contributed by atoms with Crippen molar-refractivity contribution in [2.45, 2.75) is 19.6 Å². The number of halogens is 1. The van der Waals surface area contributed by atoms with Crippen LogP contribution in [-0.2, 0) is 24.3 Å². The molecule has 6 rings (SSSR count). The average molecular weight is 568 g/mol. The highest BCUT2D eigenvalue weighted by Crippen LogP contribution is 2.34. The molecule has 4 heterocycles. The second-order valence-corrected chi connectivity index (χ2v) is 9.67. The van der Waals surface area contributed by atoms with Crippen molar-refractivity contribution in [3.8, 4) is 34.3 Å². The number of nitrogens with zero attached hydrogens (tertiary/aromatic N) is 3. The van der Waals surface area contributed by atoms with Crippen LogP contribution in [0.15, 0.2) is 77.9 Å². The number of ketones is 1. The van der Waals surface area contributed by atoms with Gasteiger partial charge in [0.2, 0.25) is 5.43 Å². The lowest BCUT2D eigenvalue weighted by atomic mass is 9.97. The Kier molecular flexibility index (Phi) is 7.37. The zero-order valence-electron chi connectivity index (χ0n) is 22.9. The minimum Gasteiger partial charge on any atom is -0.491 e. The van der Waals surface area contributed by atoms with Gasteiger partial charge in [-0.05, 0) is 35.4 Å². The standard InChI is InChI=1S/C32H26FN3O6/c1-39-28-16-24-30(35-32(28)40-2)27(11-12-34-24)42-22-9-3-19(4-10-22)15-26(37)23-17-36-13-14-41-18-25(36)29(31(23)38)20-5-7-21(33)8-6-20/h3-12,16-17H,13-15,18H2,1-2H3. The predicted octanol–water partition coefficient (Wildman–Crippen LogP) is 5.36. The molecule has 3 aromatic heterocycles. The molecule has 0 saturated carbocycles. The summed E-state index contributed by atoms with van der Waals surface area (Å²) in [6.07, 6.45) is 3.24. The third-order valence-corrected chi connectivity index (χ3v) is 7.08. The number of ether oxygens (including phenoxy) is 4. The van der Waals surface area contributed by atoms with Crippen LogP contribution in [0, 0.1) is 5.82 Å². The van der Waals surface area contributed by atoms with E-state index in [1.165, 1.54) is 26.4 Å². The quantitative estimate of drug-likeness (QED) is 0.231. The van der Waals surface area contributed by atoms with Gasteiger partial charge in [-0.15, -0.1) is 0 Å². The Labute approximate surface area is 240 Å². The molecule has 0 N–H and O–H groups in total. The smallest absolute Gasteiger partial charge is 0.257 e. The number of carbonyl (C=O) groups is 1. The minimum absolute atomic E-state index is 0.0188. The summed E-state index contributed by atoms with van der Waals surface area (Å²) in [5, 5.41) is 0. The Bertz CT molecular complexity index is 1850. The van der Waals surface area contributed by atoms with Gasteiger partial charge in [-0.3, -0.25) is 14.6 Å². The van der Waals surface area contributed by atoms with Crippen LogP contribution in [0.1, 0.15) is 21.6 Å². The summed E-state index contributed by atoms with van der Waals surface area (Å²) < 4.78 is 37.8. The molecule has 2 aromatic carbocycles. The molecule has 0 radical (unpaired) electrons. The first-order chi connectivity index (χ1) is 20.4. The lowest BCUT2D eigenvalue weighted by Crippen LogP contribution is -2.28. The van der Waals surface area contributed by atoms with Gasteiger partial charge in [-0.2, -0.15) is 0 Å². The molecular weight excluding hydrogens is 541 g/mol. The zero-order valence-corrected chi connectivity index (χ0v) is 22.9. The largest absolute Gasteiger partial charge is 0.491 e. The van der Waals surface area contributed by atoms with Crippen LogP contribution in [0.4, 0.5) is 4.39 Å². The second kappa shape index (κ2) is 11.4. The molecule has 42 heavy (non-hydrogen) atoms. The number of rotatable bonds is 8. The molecule has 9 nitrogen and oxygen atoms in total. The van der Waals surface area contributed by atoms with Crippen LogP contribution in [0.3, 0.4) is 0 Å². The maximum atomic E-state index is 13.6. The van der Waals surface area contributed by atoms with Gasteiger partial charge in [-0.25, -0.2) is 9.37 Å². The summed E-state index contributed by atoms with van der Waals surface area (Å²) in [5.74, 6) is 1.05. The first-order valence-electron chi connectivity index (χ1n) is 13.2. The van der Waals surface area contributed by atoms with Gasteiger partial charge in [0.05, 0.1) is 49.8 Å². The number of aromatic nitrogens is 3. The Hall–Kier alpha value is -5.09. The number of hydrogen-bond acceptors (Lipinski definition) is 8. The van der Waals surface area contributed by atoms with E-state index in [1.54, 1.807) is 60.9 Å². The SMILES string of the molecule is COc1cc2nccc(Oc3ccc(CC(=O)c4cn5c(c(-c6ccc(F)cc6)c4=O)COCC5)cc3)c2nc1OC. The van der Waals surface area contributed by atoms with E-state index in [0.717, 1.165) is 0 Å². The van der Waals surface area contributed by atoms with Crippen LogP contribution in [0.25, 0.3) is 22.2 Å². The molecule has 0 fully saturated rings. The first kappa shape index (κ1) is 27.1. The predicted molar refractivity (Wildman–Crippen MR) is 153 cm³/mol. The lowest BCUT2D eigenvalue weighted by Gasteiger charge is -2.23. The Morgan fingerprint density at radius 1 is 1.02 bits per heavy atom. The number of pyridine rings is 3. The van der Waals surface area contributed by atoms with Gasteiger partial charge >= 0.3 is 0 Å². The molecule has 0 amide bonds. The van der Waals surface area contributed by atoms with Crippen LogP contribution in [0.5, 0.6) is 23.1 Å². The molecule has 0 unspecified atom stereocenters. The van der Waals surface area contributed by atoms with E-state index >= 15 is 0 Å². The number of carbonyl (C=O) groups excluding carboxylic acids is 1. The highest BCUT2D eigenvalue weighted by atomic mass is 19.1. The minimum atomic E-state index is -0.406. The zero-order chi connectivity index (χ0) is 29.2. The first-order valence-corrected chi connectivity index (χ1v) is 13.2. The highest BCUT2D eigenvalue weighted by Gasteiger charge is 2.23. The molecule has 0 atom stereocenters. The fraction of sp³-hybridized carbons (Fsp3) is 0.188. The fourth-order valence-electron chi connectivity index (χ4n) is 4.97. The second-order valence-electron chi connectivity index (χ2n) is 9.67. The monoisotopic (exact) mass is 567 g/mol. The number of hydrogen-bond donors (Lipinski definition) is 0.